The van der Waals surface area contributed by atoms with Crippen LogP contribution in [0.5, 0.6) is 0 Å². The zero-order chi connectivity index (χ0) is 16.2. The number of amides is 2. The van der Waals surface area contributed by atoms with Crippen LogP contribution in [-0.4, -0.2) is 77.1 Å². The molecule has 0 aromatic heterocycles. The molecule has 0 aromatic rings. The minimum atomic E-state index is -1.08. The Morgan fingerprint density at radius 1 is 1.33 bits per heavy atom. The predicted octanol–water partition coefficient (Wildman–Crippen LogP) is 1.71. The van der Waals surface area contributed by atoms with Crippen LogP contribution in [0.25, 0.3) is 0 Å². The molecule has 0 aliphatic carbocycles. The van der Waals surface area contributed by atoms with Crippen LogP contribution in [0.15, 0.2) is 0 Å². The number of piperidine rings is 1. The summed E-state index contributed by atoms with van der Waals surface area (Å²) in [5.41, 5.74) is -1.08. The number of hydrogen-bond acceptors (Lipinski definition) is 3. The summed E-state index contributed by atoms with van der Waals surface area (Å²) in [4.78, 5) is 29.8. The van der Waals surface area contributed by atoms with Gasteiger partial charge in [0.05, 0.1) is 0 Å². The monoisotopic (exact) mass is 299 g/mol. The molecule has 1 saturated heterocycles. The van der Waals surface area contributed by atoms with E-state index in [1.807, 2.05) is 32.8 Å². The molecule has 0 aromatic carbocycles. The van der Waals surface area contributed by atoms with Gasteiger partial charge in [-0.25, -0.2) is 9.59 Å². The first-order chi connectivity index (χ1) is 9.74. The van der Waals surface area contributed by atoms with Crippen molar-refractivity contribution >= 4 is 12.0 Å². The van der Waals surface area contributed by atoms with E-state index in [0.29, 0.717) is 19.5 Å². The molecule has 122 valence electrons. The molecule has 1 aliphatic rings. The predicted molar refractivity (Wildman–Crippen MR) is 82.4 cm³/mol. The molecule has 1 fully saturated rings. The highest BCUT2D eigenvalue weighted by atomic mass is 16.4. The van der Waals surface area contributed by atoms with Crippen molar-refractivity contribution in [2.75, 3.05) is 33.7 Å². The zero-order valence-corrected chi connectivity index (χ0v) is 13.9. The van der Waals surface area contributed by atoms with E-state index in [-0.39, 0.29) is 12.1 Å². The number of aliphatic carboxylic acids is 1. The van der Waals surface area contributed by atoms with Crippen molar-refractivity contribution in [1.29, 1.82) is 0 Å². The van der Waals surface area contributed by atoms with Crippen LogP contribution in [0.3, 0.4) is 0 Å². The van der Waals surface area contributed by atoms with Crippen LogP contribution in [0.1, 0.15) is 40.0 Å². The minimum absolute atomic E-state index is 0.0532. The van der Waals surface area contributed by atoms with E-state index >= 15 is 0 Å². The number of carboxylic acids is 1. The first-order valence-corrected chi connectivity index (χ1v) is 7.70. The summed E-state index contributed by atoms with van der Waals surface area (Å²) in [6.07, 6.45) is 2.24. The Kier molecular flexibility index (Phi) is 6.01. The fourth-order valence-corrected chi connectivity index (χ4v) is 3.07. The number of hydrogen-bond donors (Lipinski definition) is 1. The molecule has 0 spiro atoms. The average Bonchev–Trinajstić information content (AvgIpc) is 2.38. The summed E-state index contributed by atoms with van der Waals surface area (Å²) < 4.78 is 0. The first kappa shape index (κ1) is 17.8. The van der Waals surface area contributed by atoms with Gasteiger partial charge in [-0.2, -0.15) is 0 Å². The van der Waals surface area contributed by atoms with Gasteiger partial charge in [0.1, 0.15) is 5.54 Å². The Balaban J connectivity index is 2.94. The SMILES string of the molecule is CCN(C(=O)N1CCCCC1(C)C(=O)O)C(C)CN(C)C. The van der Waals surface area contributed by atoms with Gasteiger partial charge in [0.25, 0.3) is 0 Å². The van der Waals surface area contributed by atoms with Crippen molar-refractivity contribution in [3.8, 4) is 0 Å². The van der Waals surface area contributed by atoms with Crippen LogP contribution in [-0.2, 0) is 4.79 Å². The van der Waals surface area contributed by atoms with Gasteiger partial charge in [0, 0.05) is 25.7 Å². The maximum Gasteiger partial charge on any atom is 0.329 e. The van der Waals surface area contributed by atoms with E-state index in [1.165, 1.54) is 0 Å². The summed E-state index contributed by atoms with van der Waals surface area (Å²) in [5.74, 6) is -0.910. The lowest BCUT2D eigenvalue weighted by molar-refractivity contribution is -0.151. The van der Waals surface area contributed by atoms with Crippen LogP contribution < -0.4 is 0 Å². The molecule has 0 radical (unpaired) electrons. The zero-order valence-electron chi connectivity index (χ0n) is 13.9. The van der Waals surface area contributed by atoms with Crippen LogP contribution in [0.4, 0.5) is 4.79 Å². The second-order valence-corrected chi connectivity index (χ2v) is 6.37. The van der Waals surface area contributed by atoms with E-state index in [0.717, 1.165) is 19.4 Å². The second-order valence-electron chi connectivity index (χ2n) is 6.37. The molecule has 0 bridgehead atoms. The lowest BCUT2D eigenvalue weighted by Crippen LogP contribution is -2.62. The Morgan fingerprint density at radius 3 is 2.43 bits per heavy atom. The van der Waals surface area contributed by atoms with Crippen LogP contribution in [0.2, 0.25) is 0 Å². The van der Waals surface area contributed by atoms with Gasteiger partial charge in [0.2, 0.25) is 0 Å². The molecular formula is C15H29N3O3. The van der Waals surface area contributed by atoms with Crippen molar-refractivity contribution in [2.45, 2.75) is 51.6 Å². The summed E-state index contributed by atoms with van der Waals surface area (Å²) >= 11 is 0. The molecule has 2 amide bonds. The smallest absolute Gasteiger partial charge is 0.329 e. The third kappa shape index (κ3) is 3.87. The highest BCUT2D eigenvalue weighted by Gasteiger charge is 2.45. The Bertz CT molecular complexity index is 386. The average molecular weight is 299 g/mol. The molecule has 1 heterocycles. The lowest BCUT2D eigenvalue weighted by atomic mass is 9.88. The third-order valence-electron chi connectivity index (χ3n) is 4.33. The van der Waals surface area contributed by atoms with Crippen molar-refractivity contribution < 1.29 is 14.7 Å². The summed E-state index contributed by atoms with van der Waals surface area (Å²) in [7, 11) is 3.94. The van der Waals surface area contributed by atoms with E-state index in [1.54, 1.807) is 16.7 Å². The number of likely N-dealkylation sites (tertiary alicyclic amines) is 1. The van der Waals surface area contributed by atoms with Gasteiger partial charge in [-0.05, 0) is 54.1 Å². The number of carboxylic acid groups (broad SMARTS) is 1. The lowest BCUT2D eigenvalue weighted by Gasteiger charge is -2.45. The molecule has 0 saturated carbocycles. The van der Waals surface area contributed by atoms with E-state index in [4.69, 9.17) is 0 Å². The number of carbonyl (C=O) groups excluding carboxylic acids is 1. The fourth-order valence-electron chi connectivity index (χ4n) is 3.07. The summed E-state index contributed by atoms with van der Waals surface area (Å²) in [5, 5.41) is 9.53. The van der Waals surface area contributed by atoms with Gasteiger partial charge < -0.3 is 19.8 Å². The summed E-state index contributed by atoms with van der Waals surface area (Å²) in [6.45, 7) is 7.47. The fraction of sp³-hybridized carbons (Fsp3) is 0.867. The number of nitrogens with zero attached hydrogens (tertiary/aromatic N) is 3. The van der Waals surface area contributed by atoms with Crippen molar-refractivity contribution in [3.63, 3.8) is 0 Å². The van der Waals surface area contributed by atoms with Gasteiger partial charge in [-0.15, -0.1) is 0 Å². The van der Waals surface area contributed by atoms with Gasteiger partial charge in [-0.3, -0.25) is 0 Å². The maximum atomic E-state index is 12.8. The molecule has 21 heavy (non-hydrogen) atoms. The highest BCUT2D eigenvalue weighted by molar-refractivity contribution is 5.86. The first-order valence-electron chi connectivity index (χ1n) is 7.70. The molecule has 2 atom stereocenters. The van der Waals surface area contributed by atoms with Gasteiger partial charge >= 0.3 is 12.0 Å². The highest BCUT2D eigenvalue weighted by Crippen LogP contribution is 2.29. The standard InChI is InChI=1S/C15H29N3O3/c1-6-17(12(2)11-16(4)5)14(21)18-10-8-7-9-15(18,3)13(19)20/h12H,6-11H2,1-5H3,(H,19,20). The van der Waals surface area contributed by atoms with Crippen molar-refractivity contribution in [3.05, 3.63) is 0 Å². The molecule has 1 rings (SSSR count). The molecule has 6 nitrogen and oxygen atoms in total. The van der Waals surface area contributed by atoms with Crippen LogP contribution in [0, 0.1) is 0 Å². The number of carbonyl (C=O) groups is 2. The Labute approximate surface area is 127 Å². The number of likely N-dealkylation sites (N-methyl/N-ethyl adjacent to an activating group) is 2. The van der Waals surface area contributed by atoms with Crippen molar-refractivity contribution in [1.82, 2.24) is 14.7 Å². The Morgan fingerprint density at radius 2 is 1.95 bits per heavy atom. The molecule has 1 aliphatic heterocycles. The van der Waals surface area contributed by atoms with E-state index in [2.05, 4.69) is 0 Å². The largest absolute Gasteiger partial charge is 0.480 e. The van der Waals surface area contributed by atoms with Gasteiger partial charge in [0.15, 0.2) is 0 Å². The van der Waals surface area contributed by atoms with Crippen LogP contribution >= 0.6 is 0 Å². The van der Waals surface area contributed by atoms with Gasteiger partial charge in [-0.1, -0.05) is 0 Å². The molecule has 1 N–H and O–H groups in total. The van der Waals surface area contributed by atoms with E-state index < -0.39 is 11.5 Å². The maximum absolute atomic E-state index is 12.8. The Hall–Kier alpha value is -1.30. The van der Waals surface area contributed by atoms with Crippen molar-refractivity contribution in [2.24, 2.45) is 0 Å². The quantitative estimate of drug-likeness (QED) is 0.839. The molecular weight excluding hydrogens is 270 g/mol. The topological polar surface area (TPSA) is 64.1 Å². The normalized spacial score (nSPS) is 24.0. The molecule has 2 unspecified atom stereocenters. The number of urea groups is 1. The molecule has 6 heteroatoms. The third-order valence-corrected chi connectivity index (χ3v) is 4.33. The summed E-state index contributed by atoms with van der Waals surface area (Å²) in [6, 6.07) is -0.103. The van der Waals surface area contributed by atoms with E-state index in [9.17, 15) is 14.7 Å². The number of rotatable bonds is 5. The second kappa shape index (κ2) is 7.11. The minimum Gasteiger partial charge on any atom is -0.480 e.